The summed E-state index contributed by atoms with van der Waals surface area (Å²) in [5.74, 6) is 0.589. The van der Waals surface area contributed by atoms with Gasteiger partial charge >= 0.3 is 0 Å². The summed E-state index contributed by atoms with van der Waals surface area (Å²) in [5.41, 5.74) is 0. The number of carbonyl (C=O) groups excluding carboxylic acids is 1. The fourth-order valence-corrected chi connectivity index (χ4v) is 1.60. The van der Waals surface area contributed by atoms with Crippen LogP contribution in [0.5, 0.6) is 0 Å². The highest BCUT2D eigenvalue weighted by atomic mass is 16.3. The zero-order valence-corrected chi connectivity index (χ0v) is 6.18. The Morgan fingerprint density at radius 3 is 2.50 bits per heavy atom. The fourth-order valence-electron chi connectivity index (χ4n) is 1.60. The first-order valence-corrected chi connectivity index (χ1v) is 3.95. The monoisotopic (exact) mass is 142 g/mol. The van der Waals surface area contributed by atoms with E-state index in [2.05, 4.69) is 0 Å². The molecule has 2 heteroatoms. The second kappa shape index (κ2) is 3.71. The summed E-state index contributed by atoms with van der Waals surface area (Å²) in [5, 5.41) is 8.45. The van der Waals surface area contributed by atoms with Gasteiger partial charge in [-0.2, -0.15) is 0 Å². The predicted octanol–water partition coefficient (Wildman–Crippen LogP) is 1.13. The van der Waals surface area contributed by atoms with Crippen molar-refractivity contribution in [2.75, 3.05) is 6.61 Å². The number of carbonyl (C=O) groups is 1. The highest BCUT2D eigenvalue weighted by Crippen LogP contribution is 2.27. The second-order valence-electron chi connectivity index (χ2n) is 3.05. The SMILES string of the molecule is O=C(CO)CC1CCCC1. The molecule has 0 radical (unpaired) electrons. The van der Waals surface area contributed by atoms with Gasteiger partial charge < -0.3 is 5.11 Å². The van der Waals surface area contributed by atoms with Crippen LogP contribution in [0, 0.1) is 5.92 Å². The lowest BCUT2D eigenvalue weighted by atomic mass is 10.0. The molecule has 0 atom stereocenters. The number of Topliss-reactive ketones (excluding diaryl/α,β-unsaturated/α-hetero) is 1. The predicted molar refractivity (Wildman–Crippen MR) is 38.7 cm³/mol. The van der Waals surface area contributed by atoms with Gasteiger partial charge in [0.2, 0.25) is 0 Å². The van der Waals surface area contributed by atoms with Crippen LogP contribution < -0.4 is 0 Å². The van der Waals surface area contributed by atoms with Gasteiger partial charge in [0.05, 0.1) is 0 Å². The molecule has 0 spiro atoms. The summed E-state index contributed by atoms with van der Waals surface area (Å²) in [7, 11) is 0. The van der Waals surface area contributed by atoms with Crippen LogP contribution in [0.15, 0.2) is 0 Å². The molecule has 10 heavy (non-hydrogen) atoms. The molecule has 1 rings (SSSR count). The van der Waals surface area contributed by atoms with Gasteiger partial charge in [0.25, 0.3) is 0 Å². The van der Waals surface area contributed by atoms with Crippen molar-refractivity contribution in [1.29, 1.82) is 0 Å². The number of ketones is 1. The number of hydrogen-bond acceptors (Lipinski definition) is 2. The normalized spacial score (nSPS) is 19.7. The lowest BCUT2D eigenvalue weighted by Crippen LogP contribution is -2.08. The van der Waals surface area contributed by atoms with Crippen molar-refractivity contribution in [3.8, 4) is 0 Å². The summed E-state index contributed by atoms with van der Waals surface area (Å²) in [4.78, 5) is 10.7. The molecule has 0 aromatic carbocycles. The molecule has 0 aromatic rings. The van der Waals surface area contributed by atoms with E-state index < -0.39 is 0 Å². The molecule has 58 valence electrons. The first kappa shape index (κ1) is 7.73. The standard InChI is InChI=1S/C8H14O2/c9-6-8(10)5-7-3-1-2-4-7/h7,9H,1-6H2. The number of hydrogen-bond donors (Lipinski definition) is 1. The number of aliphatic hydroxyl groups is 1. The summed E-state index contributed by atoms with van der Waals surface area (Å²) in [6, 6.07) is 0. The van der Waals surface area contributed by atoms with E-state index in [9.17, 15) is 4.79 Å². The van der Waals surface area contributed by atoms with Crippen LogP contribution in [-0.2, 0) is 4.79 Å². The van der Waals surface area contributed by atoms with Gasteiger partial charge in [0, 0.05) is 6.42 Å². The van der Waals surface area contributed by atoms with Gasteiger partial charge in [0.1, 0.15) is 6.61 Å². The molecule has 0 amide bonds. The third kappa shape index (κ3) is 2.10. The van der Waals surface area contributed by atoms with Crippen molar-refractivity contribution in [2.24, 2.45) is 5.92 Å². The maximum absolute atomic E-state index is 10.7. The molecule has 1 aliphatic rings. The van der Waals surface area contributed by atoms with E-state index in [0.717, 1.165) is 0 Å². The topological polar surface area (TPSA) is 37.3 Å². The van der Waals surface area contributed by atoms with Gasteiger partial charge in [-0.1, -0.05) is 25.7 Å². The molecular weight excluding hydrogens is 128 g/mol. The molecule has 1 fully saturated rings. The van der Waals surface area contributed by atoms with Crippen molar-refractivity contribution in [3.63, 3.8) is 0 Å². The Bertz CT molecular complexity index is 114. The zero-order valence-electron chi connectivity index (χ0n) is 6.18. The smallest absolute Gasteiger partial charge is 0.158 e. The maximum Gasteiger partial charge on any atom is 0.158 e. The van der Waals surface area contributed by atoms with E-state index in [-0.39, 0.29) is 12.4 Å². The van der Waals surface area contributed by atoms with Crippen LogP contribution in [0.1, 0.15) is 32.1 Å². The van der Waals surface area contributed by atoms with Crippen LogP contribution in [-0.4, -0.2) is 17.5 Å². The minimum Gasteiger partial charge on any atom is -0.389 e. The molecule has 1 N–H and O–H groups in total. The van der Waals surface area contributed by atoms with Gasteiger partial charge in [-0.25, -0.2) is 0 Å². The molecular formula is C8H14O2. The zero-order chi connectivity index (χ0) is 7.40. The van der Waals surface area contributed by atoms with E-state index in [1.807, 2.05) is 0 Å². The molecule has 0 saturated heterocycles. The minimum atomic E-state index is -0.267. The highest BCUT2D eigenvalue weighted by Gasteiger charge is 2.17. The Kier molecular flexibility index (Phi) is 2.87. The summed E-state index contributed by atoms with van der Waals surface area (Å²) >= 11 is 0. The lowest BCUT2D eigenvalue weighted by Gasteiger charge is -2.04. The average molecular weight is 142 g/mol. The first-order chi connectivity index (χ1) is 4.83. The summed E-state index contributed by atoms with van der Waals surface area (Å²) in [6.07, 6.45) is 5.51. The van der Waals surface area contributed by atoms with Crippen LogP contribution in [0.25, 0.3) is 0 Å². The molecule has 2 nitrogen and oxygen atoms in total. The van der Waals surface area contributed by atoms with E-state index in [4.69, 9.17) is 5.11 Å². The molecule has 1 aliphatic carbocycles. The van der Waals surface area contributed by atoms with Crippen molar-refractivity contribution < 1.29 is 9.90 Å². The van der Waals surface area contributed by atoms with Crippen molar-refractivity contribution in [3.05, 3.63) is 0 Å². The van der Waals surface area contributed by atoms with Crippen molar-refractivity contribution in [2.45, 2.75) is 32.1 Å². The van der Waals surface area contributed by atoms with Gasteiger partial charge in [-0.3, -0.25) is 4.79 Å². The minimum absolute atomic E-state index is 0.00639. The average Bonchev–Trinajstić information content (AvgIpc) is 2.40. The van der Waals surface area contributed by atoms with Crippen molar-refractivity contribution >= 4 is 5.78 Å². The molecule has 0 unspecified atom stereocenters. The number of aliphatic hydroxyl groups excluding tert-OH is 1. The third-order valence-corrected chi connectivity index (χ3v) is 2.17. The van der Waals surface area contributed by atoms with Gasteiger partial charge in [-0.15, -0.1) is 0 Å². The summed E-state index contributed by atoms with van der Waals surface area (Å²) in [6.45, 7) is -0.267. The van der Waals surface area contributed by atoms with Crippen molar-refractivity contribution in [1.82, 2.24) is 0 Å². The molecule has 1 saturated carbocycles. The Hall–Kier alpha value is -0.370. The molecule has 0 bridgehead atoms. The lowest BCUT2D eigenvalue weighted by molar-refractivity contribution is -0.122. The fraction of sp³-hybridized carbons (Fsp3) is 0.875. The van der Waals surface area contributed by atoms with Gasteiger partial charge in [0.15, 0.2) is 5.78 Å². The second-order valence-corrected chi connectivity index (χ2v) is 3.05. The van der Waals surface area contributed by atoms with Crippen LogP contribution >= 0.6 is 0 Å². The quantitative estimate of drug-likeness (QED) is 0.641. The molecule has 0 heterocycles. The van der Waals surface area contributed by atoms with E-state index >= 15 is 0 Å². The number of rotatable bonds is 3. The van der Waals surface area contributed by atoms with Crippen LogP contribution in [0.4, 0.5) is 0 Å². The van der Waals surface area contributed by atoms with Gasteiger partial charge in [-0.05, 0) is 5.92 Å². The third-order valence-electron chi connectivity index (χ3n) is 2.17. The van der Waals surface area contributed by atoms with Crippen LogP contribution in [0.2, 0.25) is 0 Å². The maximum atomic E-state index is 10.7. The van der Waals surface area contributed by atoms with Crippen LogP contribution in [0.3, 0.4) is 0 Å². The first-order valence-electron chi connectivity index (χ1n) is 3.95. The van der Waals surface area contributed by atoms with E-state index in [1.165, 1.54) is 25.7 Å². The van der Waals surface area contributed by atoms with E-state index in [0.29, 0.717) is 12.3 Å². The Morgan fingerprint density at radius 2 is 2.00 bits per heavy atom. The Labute approximate surface area is 61.2 Å². The summed E-state index contributed by atoms with van der Waals surface area (Å²) < 4.78 is 0. The Morgan fingerprint density at radius 1 is 1.40 bits per heavy atom. The molecule has 0 aliphatic heterocycles. The largest absolute Gasteiger partial charge is 0.389 e. The Balaban J connectivity index is 2.17. The molecule has 0 aromatic heterocycles. The van der Waals surface area contributed by atoms with E-state index in [1.54, 1.807) is 0 Å². The highest BCUT2D eigenvalue weighted by molar-refractivity contribution is 5.79.